The molecule has 3 aromatic rings. The van der Waals surface area contributed by atoms with Crippen molar-refractivity contribution in [3.63, 3.8) is 0 Å². The Balaban J connectivity index is 1.67. The van der Waals surface area contributed by atoms with Crippen LogP contribution in [0.5, 0.6) is 0 Å². The number of thioether (sulfide) groups is 1. The van der Waals surface area contributed by atoms with E-state index >= 15 is 0 Å². The molecule has 2 aromatic heterocycles. The first kappa shape index (κ1) is 20.6. The van der Waals surface area contributed by atoms with Gasteiger partial charge in [-0.25, -0.2) is 0 Å². The zero-order valence-corrected chi connectivity index (χ0v) is 18.4. The van der Waals surface area contributed by atoms with Gasteiger partial charge in [0.2, 0.25) is 5.91 Å². The Morgan fingerprint density at radius 1 is 1.14 bits per heavy atom. The number of carbonyl (C=O) groups is 1. The van der Waals surface area contributed by atoms with Gasteiger partial charge in [0.25, 0.3) is 0 Å². The maximum atomic E-state index is 12.4. The molecule has 0 unspecified atom stereocenters. The fourth-order valence-corrected chi connectivity index (χ4v) is 4.91. The summed E-state index contributed by atoms with van der Waals surface area (Å²) < 4.78 is 2.08. The molecule has 5 nitrogen and oxygen atoms in total. The SMILES string of the molecule is CCCc1cc(-c2nnc(SCC(=O)Nc3cc(C)cc(C)c3)n2CC)cs1. The predicted octanol–water partition coefficient (Wildman–Crippen LogP) is 5.33. The van der Waals surface area contributed by atoms with Crippen molar-refractivity contribution in [3.8, 4) is 11.4 Å². The Hall–Kier alpha value is -2.12. The minimum absolute atomic E-state index is 0.0389. The molecule has 148 valence electrons. The maximum Gasteiger partial charge on any atom is 0.234 e. The van der Waals surface area contributed by atoms with Crippen molar-refractivity contribution in [3.05, 3.63) is 45.6 Å². The number of thiophene rings is 1. The van der Waals surface area contributed by atoms with E-state index in [0.717, 1.165) is 52.7 Å². The largest absolute Gasteiger partial charge is 0.325 e. The number of hydrogen-bond acceptors (Lipinski definition) is 5. The number of hydrogen-bond donors (Lipinski definition) is 1. The van der Waals surface area contributed by atoms with Crippen LogP contribution in [0, 0.1) is 13.8 Å². The van der Waals surface area contributed by atoms with Crippen molar-refractivity contribution in [2.24, 2.45) is 0 Å². The molecule has 0 fully saturated rings. The summed E-state index contributed by atoms with van der Waals surface area (Å²) in [6, 6.07) is 8.25. The Kier molecular flexibility index (Phi) is 6.91. The Morgan fingerprint density at radius 3 is 2.57 bits per heavy atom. The lowest BCUT2D eigenvalue weighted by Gasteiger charge is -2.08. The second kappa shape index (κ2) is 9.39. The third-order valence-electron chi connectivity index (χ3n) is 4.28. The summed E-state index contributed by atoms with van der Waals surface area (Å²) in [6.45, 7) is 9.08. The zero-order valence-electron chi connectivity index (χ0n) is 16.8. The monoisotopic (exact) mass is 414 g/mol. The highest BCUT2D eigenvalue weighted by Crippen LogP contribution is 2.28. The molecule has 1 N–H and O–H groups in total. The lowest BCUT2D eigenvalue weighted by atomic mass is 10.1. The molecular weight excluding hydrogens is 388 g/mol. The Morgan fingerprint density at radius 2 is 1.89 bits per heavy atom. The van der Waals surface area contributed by atoms with E-state index in [9.17, 15) is 4.79 Å². The first-order valence-corrected chi connectivity index (χ1v) is 11.4. The predicted molar refractivity (Wildman–Crippen MR) is 118 cm³/mol. The van der Waals surface area contributed by atoms with Crippen LogP contribution in [0.15, 0.2) is 34.8 Å². The van der Waals surface area contributed by atoms with Crippen LogP contribution in [0.25, 0.3) is 11.4 Å². The molecule has 0 bridgehead atoms. The van der Waals surface area contributed by atoms with Crippen LogP contribution in [0.3, 0.4) is 0 Å². The summed E-state index contributed by atoms with van der Waals surface area (Å²) in [5.74, 6) is 1.14. The van der Waals surface area contributed by atoms with Crippen molar-refractivity contribution < 1.29 is 4.79 Å². The van der Waals surface area contributed by atoms with E-state index in [1.807, 2.05) is 26.0 Å². The van der Waals surface area contributed by atoms with E-state index < -0.39 is 0 Å². The molecule has 0 aliphatic carbocycles. The van der Waals surface area contributed by atoms with E-state index in [0.29, 0.717) is 5.75 Å². The lowest BCUT2D eigenvalue weighted by Crippen LogP contribution is -2.15. The van der Waals surface area contributed by atoms with Gasteiger partial charge in [-0.05, 0) is 56.5 Å². The topological polar surface area (TPSA) is 59.8 Å². The Labute approximate surface area is 174 Å². The number of carbonyl (C=O) groups excluding carboxylic acids is 1. The van der Waals surface area contributed by atoms with Crippen molar-refractivity contribution in [2.75, 3.05) is 11.1 Å². The number of benzene rings is 1. The molecular formula is C21H26N4OS2. The number of amides is 1. The highest BCUT2D eigenvalue weighted by atomic mass is 32.2. The van der Waals surface area contributed by atoms with Gasteiger partial charge in [-0.2, -0.15) is 0 Å². The molecule has 0 saturated heterocycles. The van der Waals surface area contributed by atoms with Gasteiger partial charge in [-0.1, -0.05) is 31.2 Å². The fraction of sp³-hybridized carbons (Fsp3) is 0.381. The highest BCUT2D eigenvalue weighted by molar-refractivity contribution is 7.99. The average molecular weight is 415 g/mol. The fourth-order valence-electron chi connectivity index (χ4n) is 3.14. The second-order valence-electron chi connectivity index (χ2n) is 6.82. The van der Waals surface area contributed by atoms with Crippen LogP contribution in [0.2, 0.25) is 0 Å². The molecule has 0 saturated carbocycles. The summed E-state index contributed by atoms with van der Waals surface area (Å²) in [4.78, 5) is 13.7. The van der Waals surface area contributed by atoms with E-state index in [1.54, 1.807) is 11.3 Å². The normalized spacial score (nSPS) is 11.0. The van der Waals surface area contributed by atoms with Crippen LogP contribution in [-0.2, 0) is 17.8 Å². The minimum Gasteiger partial charge on any atom is -0.325 e. The first-order chi connectivity index (χ1) is 13.5. The van der Waals surface area contributed by atoms with Crippen LogP contribution < -0.4 is 5.32 Å². The summed E-state index contributed by atoms with van der Waals surface area (Å²) in [5.41, 5.74) is 4.21. The van der Waals surface area contributed by atoms with Gasteiger partial charge in [-0.3, -0.25) is 4.79 Å². The molecule has 0 aliphatic rings. The van der Waals surface area contributed by atoms with Gasteiger partial charge in [0.15, 0.2) is 11.0 Å². The number of nitrogens with zero attached hydrogens (tertiary/aromatic N) is 3. The third kappa shape index (κ3) is 5.02. The van der Waals surface area contributed by atoms with Crippen molar-refractivity contribution >= 4 is 34.7 Å². The van der Waals surface area contributed by atoms with Gasteiger partial charge in [0.1, 0.15) is 0 Å². The van der Waals surface area contributed by atoms with Gasteiger partial charge in [0.05, 0.1) is 5.75 Å². The average Bonchev–Trinajstić information content (AvgIpc) is 3.25. The third-order valence-corrected chi connectivity index (χ3v) is 6.24. The molecule has 3 rings (SSSR count). The molecule has 28 heavy (non-hydrogen) atoms. The number of aromatic nitrogens is 3. The molecule has 0 aliphatic heterocycles. The summed E-state index contributed by atoms with van der Waals surface area (Å²) in [6.07, 6.45) is 2.22. The van der Waals surface area contributed by atoms with Crippen LogP contribution in [0.4, 0.5) is 5.69 Å². The molecule has 1 amide bonds. The molecule has 2 heterocycles. The van der Waals surface area contributed by atoms with Gasteiger partial charge in [-0.15, -0.1) is 21.5 Å². The van der Waals surface area contributed by atoms with Gasteiger partial charge < -0.3 is 9.88 Å². The first-order valence-electron chi connectivity index (χ1n) is 9.52. The minimum atomic E-state index is -0.0389. The summed E-state index contributed by atoms with van der Waals surface area (Å²) >= 11 is 3.19. The quantitative estimate of drug-likeness (QED) is 0.506. The van der Waals surface area contributed by atoms with E-state index in [4.69, 9.17) is 0 Å². The smallest absolute Gasteiger partial charge is 0.234 e. The molecule has 1 aromatic carbocycles. The van der Waals surface area contributed by atoms with E-state index in [1.165, 1.54) is 16.6 Å². The molecule has 0 radical (unpaired) electrons. The number of anilines is 1. The van der Waals surface area contributed by atoms with Crippen molar-refractivity contribution in [1.82, 2.24) is 14.8 Å². The zero-order chi connectivity index (χ0) is 20.1. The maximum absolute atomic E-state index is 12.4. The summed E-state index contributed by atoms with van der Waals surface area (Å²) in [7, 11) is 0. The lowest BCUT2D eigenvalue weighted by molar-refractivity contribution is -0.113. The number of rotatable bonds is 8. The number of aryl methyl sites for hydroxylation is 3. The number of nitrogens with one attached hydrogen (secondary N) is 1. The van der Waals surface area contributed by atoms with Crippen molar-refractivity contribution in [1.29, 1.82) is 0 Å². The van der Waals surface area contributed by atoms with E-state index in [-0.39, 0.29) is 5.91 Å². The van der Waals surface area contributed by atoms with Crippen molar-refractivity contribution in [2.45, 2.75) is 52.2 Å². The Bertz CT molecular complexity index is 941. The molecule has 0 spiro atoms. The van der Waals surface area contributed by atoms with Gasteiger partial charge in [0, 0.05) is 28.1 Å². The molecule has 0 atom stereocenters. The van der Waals surface area contributed by atoms with E-state index in [2.05, 4.69) is 51.4 Å². The van der Waals surface area contributed by atoms with Gasteiger partial charge >= 0.3 is 0 Å². The standard InChI is InChI=1S/C21H26N4OS2/c1-5-7-18-11-16(12-27-18)20-23-24-21(25(20)6-2)28-13-19(26)22-17-9-14(3)8-15(4)10-17/h8-12H,5-7,13H2,1-4H3,(H,22,26). The highest BCUT2D eigenvalue weighted by Gasteiger charge is 2.16. The van der Waals surface area contributed by atoms with Crippen LogP contribution in [0.1, 0.15) is 36.3 Å². The molecule has 7 heteroatoms. The van der Waals surface area contributed by atoms with Crippen LogP contribution >= 0.6 is 23.1 Å². The van der Waals surface area contributed by atoms with Crippen LogP contribution in [-0.4, -0.2) is 26.4 Å². The summed E-state index contributed by atoms with van der Waals surface area (Å²) in [5, 5.41) is 14.6. The second-order valence-corrected chi connectivity index (χ2v) is 8.75.